The van der Waals surface area contributed by atoms with Gasteiger partial charge in [-0.15, -0.1) is 6.42 Å². The highest BCUT2D eigenvalue weighted by Gasteiger charge is 2.52. The van der Waals surface area contributed by atoms with Crippen molar-refractivity contribution in [2.75, 3.05) is 19.7 Å². The maximum atomic E-state index is 10.2. The Morgan fingerprint density at radius 3 is 2.81 bits per heavy atom. The number of nitrogens with one attached hydrogen (secondary N) is 1. The Bertz CT molecular complexity index is 847. The van der Waals surface area contributed by atoms with Crippen molar-refractivity contribution in [3.8, 4) is 12.3 Å². The zero-order valence-electron chi connectivity index (χ0n) is 20.4. The molecule has 0 aromatic heterocycles. The molecule has 32 heavy (non-hydrogen) atoms. The van der Waals surface area contributed by atoms with Crippen LogP contribution in [-0.4, -0.2) is 43.3 Å². The van der Waals surface area contributed by atoms with E-state index in [-0.39, 0.29) is 29.3 Å². The number of hydrogen-bond acceptors (Lipinski definition) is 4. The van der Waals surface area contributed by atoms with Crippen LogP contribution in [-0.2, 0) is 9.47 Å². The lowest BCUT2D eigenvalue weighted by atomic mass is 9.57. The summed E-state index contributed by atoms with van der Waals surface area (Å²) < 4.78 is 12.7. The first-order chi connectivity index (χ1) is 15.3. The van der Waals surface area contributed by atoms with Gasteiger partial charge in [-0.2, -0.15) is 0 Å². The smallest absolute Gasteiger partial charge is 0.160 e. The quantitative estimate of drug-likeness (QED) is 0.456. The van der Waals surface area contributed by atoms with Crippen LogP contribution in [0, 0.1) is 29.1 Å². The standard InChI is InChI=1S/C28H41NO3/c1-6-14-29-18-20-7-8-23-26-22(19(2)3)9-11-27(26,4)12-13-28(23,5)24(16-20)32-25-17-21(30)10-15-31-25/h1,7-8,19,21,24-25,29-30H,9-18H2,2-5H3/t21?,24?,25?,27?,28-/m1/s1. The lowest BCUT2D eigenvalue weighted by molar-refractivity contribution is -0.223. The van der Waals surface area contributed by atoms with Crippen LogP contribution in [0.1, 0.15) is 72.6 Å². The van der Waals surface area contributed by atoms with Crippen molar-refractivity contribution in [1.29, 1.82) is 0 Å². The Morgan fingerprint density at radius 1 is 1.28 bits per heavy atom. The average molecular weight is 440 g/mol. The van der Waals surface area contributed by atoms with Crippen LogP contribution in [0.3, 0.4) is 0 Å². The van der Waals surface area contributed by atoms with E-state index in [4.69, 9.17) is 15.9 Å². The van der Waals surface area contributed by atoms with Crippen LogP contribution < -0.4 is 5.32 Å². The first-order valence-electron chi connectivity index (χ1n) is 12.5. The molecule has 0 bridgehead atoms. The maximum absolute atomic E-state index is 10.2. The van der Waals surface area contributed by atoms with Gasteiger partial charge in [-0.3, -0.25) is 0 Å². The zero-order valence-corrected chi connectivity index (χ0v) is 20.4. The monoisotopic (exact) mass is 439 g/mol. The Labute approximate surface area is 194 Å². The molecule has 1 heterocycles. The minimum atomic E-state index is -0.339. The van der Waals surface area contributed by atoms with Crippen LogP contribution in [0.25, 0.3) is 0 Å². The zero-order chi connectivity index (χ0) is 22.9. The number of aliphatic hydroxyl groups excluding tert-OH is 1. The minimum Gasteiger partial charge on any atom is -0.393 e. The maximum Gasteiger partial charge on any atom is 0.160 e. The number of rotatable bonds is 6. The summed E-state index contributed by atoms with van der Waals surface area (Å²) in [6.45, 7) is 11.4. The molecule has 2 fully saturated rings. The van der Waals surface area contributed by atoms with E-state index < -0.39 is 0 Å². The van der Waals surface area contributed by atoms with Gasteiger partial charge in [-0.05, 0) is 61.0 Å². The van der Waals surface area contributed by atoms with E-state index in [1.165, 1.54) is 30.4 Å². The van der Waals surface area contributed by atoms with Crippen molar-refractivity contribution in [2.24, 2.45) is 16.7 Å². The van der Waals surface area contributed by atoms with Gasteiger partial charge in [0, 0.05) is 18.4 Å². The van der Waals surface area contributed by atoms with E-state index in [1.54, 1.807) is 11.1 Å². The number of fused-ring (bicyclic) bond motifs is 3. The molecular formula is C28H41NO3. The predicted molar refractivity (Wildman–Crippen MR) is 129 cm³/mol. The number of terminal acetylenes is 1. The molecule has 4 heteroatoms. The minimum absolute atomic E-state index is 0.0106. The molecule has 1 aliphatic heterocycles. The highest BCUT2D eigenvalue weighted by Crippen LogP contribution is 2.62. The van der Waals surface area contributed by atoms with Crippen molar-refractivity contribution in [2.45, 2.75) is 91.1 Å². The molecule has 4 unspecified atom stereocenters. The van der Waals surface area contributed by atoms with Gasteiger partial charge in [-0.1, -0.05) is 56.9 Å². The Morgan fingerprint density at radius 2 is 2.09 bits per heavy atom. The van der Waals surface area contributed by atoms with Gasteiger partial charge < -0.3 is 19.9 Å². The molecule has 4 aliphatic rings. The Kier molecular flexibility index (Phi) is 7.03. The van der Waals surface area contributed by atoms with Crippen LogP contribution in [0.4, 0.5) is 0 Å². The summed E-state index contributed by atoms with van der Waals surface area (Å²) in [5.74, 6) is 3.24. The van der Waals surface area contributed by atoms with E-state index >= 15 is 0 Å². The summed E-state index contributed by atoms with van der Waals surface area (Å²) in [6.07, 6.45) is 16.4. The van der Waals surface area contributed by atoms with Crippen molar-refractivity contribution in [3.63, 3.8) is 0 Å². The second-order valence-corrected chi connectivity index (χ2v) is 11.1. The first kappa shape index (κ1) is 23.8. The third-order valence-electron chi connectivity index (χ3n) is 8.41. The van der Waals surface area contributed by atoms with Gasteiger partial charge in [0.1, 0.15) is 0 Å². The van der Waals surface area contributed by atoms with Gasteiger partial charge in [0.25, 0.3) is 0 Å². The Balaban J connectivity index is 1.71. The van der Waals surface area contributed by atoms with Crippen molar-refractivity contribution < 1.29 is 14.6 Å². The second-order valence-electron chi connectivity index (χ2n) is 11.1. The molecule has 1 saturated heterocycles. The number of allylic oxidation sites excluding steroid dienone is 4. The lowest BCUT2D eigenvalue weighted by Crippen LogP contribution is -2.46. The summed E-state index contributed by atoms with van der Waals surface area (Å²) in [6, 6.07) is 0. The van der Waals surface area contributed by atoms with Crippen LogP contribution in [0.2, 0.25) is 0 Å². The summed E-state index contributed by atoms with van der Waals surface area (Å²) in [5, 5.41) is 13.6. The van der Waals surface area contributed by atoms with Gasteiger partial charge in [0.2, 0.25) is 0 Å². The summed E-state index contributed by atoms with van der Waals surface area (Å²) in [5.41, 5.74) is 6.23. The van der Waals surface area contributed by atoms with Crippen molar-refractivity contribution in [1.82, 2.24) is 5.32 Å². The van der Waals surface area contributed by atoms with Crippen LogP contribution in [0.5, 0.6) is 0 Å². The molecule has 0 aromatic carbocycles. The predicted octanol–water partition coefficient (Wildman–Crippen LogP) is 4.90. The summed E-state index contributed by atoms with van der Waals surface area (Å²) in [4.78, 5) is 0. The Hall–Kier alpha value is -1.38. The second kappa shape index (κ2) is 9.47. The largest absolute Gasteiger partial charge is 0.393 e. The van der Waals surface area contributed by atoms with E-state index in [9.17, 15) is 5.11 Å². The number of ether oxygens (including phenoxy) is 2. The molecule has 0 radical (unpaired) electrons. The van der Waals surface area contributed by atoms with Gasteiger partial charge in [-0.25, -0.2) is 0 Å². The fourth-order valence-electron chi connectivity index (χ4n) is 6.32. The van der Waals surface area contributed by atoms with Gasteiger partial charge in [0.05, 0.1) is 25.4 Å². The van der Waals surface area contributed by atoms with Crippen molar-refractivity contribution >= 4 is 0 Å². The molecule has 4 nitrogen and oxygen atoms in total. The van der Waals surface area contributed by atoms with Crippen LogP contribution >= 0.6 is 0 Å². The van der Waals surface area contributed by atoms with Crippen molar-refractivity contribution in [3.05, 3.63) is 34.4 Å². The normalized spacial score (nSPS) is 37.3. The van der Waals surface area contributed by atoms with Crippen LogP contribution in [0.15, 0.2) is 34.4 Å². The number of aliphatic hydroxyl groups is 1. The third-order valence-corrected chi connectivity index (χ3v) is 8.41. The molecule has 2 N–H and O–H groups in total. The topological polar surface area (TPSA) is 50.7 Å². The molecule has 3 aliphatic carbocycles. The van der Waals surface area contributed by atoms with E-state index in [0.717, 1.165) is 19.4 Å². The van der Waals surface area contributed by atoms with Gasteiger partial charge >= 0.3 is 0 Å². The molecule has 0 spiro atoms. The van der Waals surface area contributed by atoms with E-state index in [2.05, 4.69) is 51.1 Å². The molecule has 1 saturated carbocycles. The summed E-state index contributed by atoms with van der Waals surface area (Å²) >= 11 is 0. The SMILES string of the molecule is C#CCNCC1=CC=C2C3=C(C(C)C)CCC3(C)CC[C@@]2(C)C(OC2CC(O)CCO2)C1. The first-order valence-corrected chi connectivity index (χ1v) is 12.5. The van der Waals surface area contributed by atoms with Gasteiger partial charge in [0.15, 0.2) is 6.29 Å². The highest BCUT2D eigenvalue weighted by molar-refractivity contribution is 5.52. The van der Waals surface area contributed by atoms with E-state index in [0.29, 0.717) is 31.9 Å². The fraction of sp³-hybridized carbons (Fsp3) is 0.714. The van der Waals surface area contributed by atoms with E-state index in [1.807, 2.05) is 0 Å². The molecule has 0 aromatic rings. The highest BCUT2D eigenvalue weighted by atomic mass is 16.7. The molecule has 176 valence electrons. The fourth-order valence-corrected chi connectivity index (χ4v) is 6.32. The molecule has 5 atom stereocenters. The molecule has 0 amide bonds. The molecular weight excluding hydrogens is 398 g/mol. The average Bonchev–Trinajstić information content (AvgIpc) is 3.04. The third kappa shape index (κ3) is 4.50. The lowest BCUT2D eigenvalue weighted by Gasteiger charge is -2.50. The molecule has 4 rings (SSSR count). The summed E-state index contributed by atoms with van der Waals surface area (Å²) in [7, 11) is 0. The number of hydrogen-bond donors (Lipinski definition) is 2.